The molecule has 0 unspecified atom stereocenters. The lowest BCUT2D eigenvalue weighted by molar-refractivity contribution is -0.169. The second kappa shape index (κ2) is 17.5. The SMILES string of the molecule is COc1cccc(-n2cc(COc3ccc(/C=C4\C[C@]5(C)[C@@H](CC/C=C(\C)CC/C=C(\C)CCC=C(C)C)[C@](C)(O)CC[C@H]5C(C)(C)C4=O)cc3)nn2)c1. The maximum atomic E-state index is 14.1. The highest BCUT2D eigenvalue weighted by Crippen LogP contribution is 2.63. The molecule has 2 fully saturated rings. The molecule has 0 radical (unpaired) electrons. The maximum Gasteiger partial charge on any atom is 0.164 e. The van der Waals surface area contributed by atoms with Gasteiger partial charge in [0, 0.05) is 11.5 Å². The third-order valence-corrected chi connectivity index (χ3v) is 12.1. The molecule has 4 atom stereocenters. The molecule has 2 aliphatic rings. The van der Waals surface area contributed by atoms with E-state index in [-0.39, 0.29) is 29.6 Å². The first-order valence-electron chi connectivity index (χ1n) is 19.8. The quantitative estimate of drug-likeness (QED) is 0.124. The first-order valence-corrected chi connectivity index (χ1v) is 19.8. The fraction of sp³-hybridized carbons (Fsp3) is 0.511. The second-order valence-corrected chi connectivity index (χ2v) is 17.2. The predicted octanol–water partition coefficient (Wildman–Crippen LogP) is 11.2. The Morgan fingerprint density at radius 1 is 0.926 bits per heavy atom. The molecule has 0 amide bonds. The van der Waals surface area contributed by atoms with E-state index in [1.54, 1.807) is 11.8 Å². The van der Waals surface area contributed by atoms with E-state index in [1.807, 2.05) is 61.7 Å². The normalized spacial score (nSPS) is 25.0. The summed E-state index contributed by atoms with van der Waals surface area (Å²) in [7, 11) is 1.64. The average molecular weight is 734 g/mol. The Morgan fingerprint density at radius 2 is 1.61 bits per heavy atom. The Morgan fingerprint density at radius 3 is 2.30 bits per heavy atom. The van der Waals surface area contributed by atoms with E-state index in [4.69, 9.17) is 9.47 Å². The van der Waals surface area contributed by atoms with Gasteiger partial charge < -0.3 is 14.6 Å². The molecule has 2 aromatic carbocycles. The summed E-state index contributed by atoms with van der Waals surface area (Å²) >= 11 is 0. The number of aliphatic hydroxyl groups is 1. The van der Waals surface area contributed by atoms with Crippen LogP contribution in [0.2, 0.25) is 0 Å². The topological polar surface area (TPSA) is 86.5 Å². The minimum Gasteiger partial charge on any atom is -0.497 e. The second-order valence-electron chi connectivity index (χ2n) is 17.2. The molecule has 1 heterocycles. The van der Waals surface area contributed by atoms with Crippen LogP contribution in [0.5, 0.6) is 11.5 Å². The molecule has 3 aromatic rings. The number of hydrogen-bond acceptors (Lipinski definition) is 6. The Labute approximate surface area is 324 Å². The molecule has 7 nitrogen and oxygen atoms in total. The van der Waals surface area contributed by atoms with Crippen LogP contribution in [-0.2, 0) is 11.4 Å². The van der Waals surface area contributed by atoms with Crippen molar-refractivity contribution in [2.75, 3.05) is 7.11 Å². The minimum atomic E-state index is -0.780. The van der Waals surface area contributed by atoms with Gasteiger partial charge in [0.1, 0.15) is 23.8 Å². The number of ketones is 1. The van der Waals surface area contributed by atoms with Crippen molar-refractivity contribution >= 4 is 11.9 Å². The minimum absolute atomic E-state index is 0.0819. The molecule has 0 aliphatic heterocycles. The van der Waals surface area contributed by atoms with Gasteiger partial charge in [0.05, 0.1) is 24.6 Å². The van der Waals surface area contributed by atoms with Gasteiger partial charge in [-0.3, -0.25) is 4.79 Å². The van der Waals surface area contributed by atoms with E-state index in [0.717, 1.165) is 73.9 Å². The van der Waals surface area contributed by atoms with Crippen molar-refractivity contribution in [1.82, 2.24) is 15.0 Å². The number of benzene rings is 2. The standard InChI is InChI=1S/C47H63N3O4/c1-33(2)14-10-15-34(3)16-11-17-35(4)18-12-21-43-46(7)30-37(44(51)45(5,6)42(46)26-27-47(43,8)52)28-36-22-24-40(25-23-36)54-32-38-31-50(49-48-38)39-19-13-20-41(29-39)53-9/h13-14,16,18-20,22-25,28-29,31,42-43,52H,10-12,15,17,21,26-27,30,32H2,1-9H3/b34-16+,35-18+,37-28+/t42-,43+,46-,47+/m0/s1. The number of allylic oxidation sites excluding steroid dienone is 7. The first-order chi connectivity index (χ1) is 25.6. The zero-order chi connectivity index (χ0) is 39.1. The average Bonchev–Trinajstić information content (AvgIpc) is 3.60. The van der Waals surface area contributed by atoms with Crippen LogP contribution in [0.25, 0.3) is 11.8 Å². The smallest absolute Gasteiger partial charge is 0.164 e. The molecule has 7 heteroatoms. The molecule has 2 aliphatic carbocycles. The van der Waals surface area contributed by atoms with Crippen LogP contribution in [-0.4, -0.2) is 38.6 Å². The number of rotatable bonds is 15. The lowest BCUT2D eigenvalue weighted by atomic mass is 9.44. The molecular weight excluding hydrogens is 671 g/mol. The molecule has 1 N–H and O–H groups in total. The zero-order valence-corrected chi connectivity index (χ0v) is 34.2. The highest BCUT2D eigenvalue weighted by Gasteiger charge is 2.61. The summed E-state index contributed by atoms with van der Waals surface area (Å²) < 4.78 is 13.1. The van der Waals surface area contributed by atoms with E-state index in [2.05, 4.69) is 83.1 Å². The van der Waals surface area contributed by atoms with Crippen molar-refractivity contribution in [2.45, 2.75) is 125 Å². The zero-order valence-electron chi connectivity index (χ0n) is 34.2. The molecule has 0 saturated heterocycles. The van der Waals surface area contributed by atoms with Crippen LogP contribution in [0, 0.1) is 22.7 Å². The van der Waals surface area contributed by atoms with Gasteiger partial charge in [-0.2, -0.15) is 0 Å². The molecule has 54 heavy (non-hydrogen) atoms. The van der Waals surface area contributed by atoms with E-state index in [1.165, 1.54) is 16.7 Å². The van der Waals surface area contributed by atoms with Crippen LogP contribution < -0.4 is 9.47 Å². The number of Topliss-reactive ketones (excluding diaryl/α,β-unsaturated/α-hetero) is 1. The third kappa shape index (κ3) is 9.89. The lowest BCUT2D eigenvalue weighted by Crippen LogP contribution is -2.60. The molecule has 290 valence electrons. The van der Waals surface area contributed by atoms with Crippen LogP contribution in [0.1, 0.15) is 124 Å². The van der Waals surface area contributed by atoms with Gasteiger partial charge in [0.25, 0.3) is 0 Å². The maximum absolute atomic E-state index is 14.1. The summed E-state index contributed by atoms with van der Waals surface area (Å²) in [5.74, 6) is 1.99. The van der Waals surface area contributed by atoms with Crippen LogP contribution in [0.15, 0.2) is 95.2 Å². The highest BCUT2D eigenvalue weighted by molar-refractivity contribution is 6.04. The highest BCUT2D eigenvalue weighted by atomic mass is 16.5. The molecule has 1 aromatic heterocycles. The Balaban J connectivity index is 1.24. The van der Waals surface area contributed by atoms with Gasteiger partial charge >= 0.3 is 0 Å². The third-order valence-electron chi connectivity index (χ3n) is 12.1. The number of methoxy groups -OCH3 is 1. The number of nitrogens with zero attached hydrogens (tertiary/aromatic N) is 3. The van der Waals surface area contributed by atoms with Gasteiger partial charge in [-0.25, -0.2) is 4.68 Å². The number of ether oxygens (including phenoxy) is 2. The van der Waals surface area contributed by atoms with Gasteiger partial charge in [-0.1, -0.05) is 79.1 Å². The van der Waals surface area contributed by atoms with Crippen molar-refractivity contribution in [3.05, 3.63) is 107 Å². The lowest BCUT2D eigenvalue weighted by Gasteiger charge is -2.61. The summed E-state index contributed by atoms with van der Waals surface area (Å²) in [5.41, 5.74) is 6.13. The summed E-state index contributed by atoms with van der Waals surface area (Å²) in [6, 6.07) is 15.5. The number of carbonyl (C=O) groups excluding carboxylic acids is 1. The molecule has 0 spiro atoms. The molecular formula is C47H63N3O4. The number of fused-ring (bicyclic) bond motifs is 1. The van der Waals surface area contributed by atoms with Gasteiger partial charge in [0.15, 0.2) is 5.78 Å². The Hall–Kier alpha value is -4.23. The molecule has 5 rings (SSSR count). The molecule has 2 saturated carbocycles. The monoisotopic (exact) mass is 733 g/mol. The number of carbonyl (C=O) groups is 1. The molecule has 0 bridgehead atoms. The summed E-state index contributed by atoms with van der Waals surface area (Å²) in [4.78, 5) is 14.1. The predicted molar refractivity (Wildman–Crippen MR) is 220 cm³/mol. The summed E-state index contributed by atoms with van der Waals surface area (Å²) in [6.07, 6.45) is 19.5. The Kier molecular flexibility index (Phi) is 13.3. The van der Waals surface area contributed by atoms with Crippen molar-refractivity contribution in [1.29, 1.82) is 0 Å². The largest absolute Gasteiger partial charge is 0.497 e. The number of hydrogen-bond donors (Lipinski definition) is 1. The van der Waals surface area contributed by atoms with Crippen molar-refractivity contribution in [2.24, 2.45) is 22.7 Å². The summed E-state index contributed by atoms with van der Waals surface area (Å²) in [5, 5.41) is 20.4. The number of aromatic nitrogens is 3. The first kappa shape index (κ1) is 40.9. The summed E-state index contributed by atoms with van der Waals surface area (Å²) in [6.45, 7) is 17.7. The van der Waals surface area contributed by atoms with Gasteiger partial charge in [-0.15, -0.1) is 5.10 Å². The van der Waals surface area contributed by atoms with E-state index >= 15 is 0 Å². The van der Waals surface area contributed by atoms with Crippen LogP contribution in [0.3, 0.4) is 0 Å². The van der Waals surface area contributed by atoms with Crippen LogP contribution in [0.4, 0.5) is 0 Å². The van der Waals surface area contributed by atoms with E-state index < -0.39 is 11.0 Å². The van der Waals surface area contributed by atoms with Gasteiger partial charge in [0.2, 0.25) is 0 Å². The van der Waals surface area contributed by atoms with Crippen molar-refractivity contribution in [3.63, 3.8) is 0 Å². The van der Waals surface area contributed by atoms with E-state index in [0.29, 0.717) is 17.9 Å². The van der Waals surface area contributed by atoms with Crippen molar-refractivity contribution in [3.8, 4) is 17.2 Å². The van der Waals surface area contributed by atoms with Gasteiger partial charge in [-0.05, 0) is 151 Å². The van der Waals surface area contributed by atoms with Crippen LogP contribution >= 0.6 is 0 Å². The fourth-order valence-corrected chi connectivity index (χ4v) is 9.24. The Bertz CT molecular complexity index is 1870. The fourth-order valence-electron chi connectivity index (χ4n) is 9.24. The van der Waals surface area contributed by atoms with Crippen molar-refractivity contribution < 1.29 is 19.4 Å². The van der Waals surface area contributed by atoms with E-state index in [9.17, 15) is 9.90 Å².